The Morgan fingerprint density at radius 2 is 1.68 bits per heavy atom. The molecule has 1 amide bonds. The molecule has 5 rings (SSSR count). The molecule has 4 aromatic rings. The van der Waals surface area contributed by atoms with E-state index in [-0.39, 0.29) is 23.8 Å². The number of ether oxygens (including phenoxy) is 1. The van der Waals surface area contributed by atoms with Crippen molar-refractivity contribution in [3.05, 3.63) is 95.1 Å². The smallest absolute Gasteiger partial charge is 0.260 e. The number of halogens is 1. The Morgan fingerprint density at radius 1 is 0.941 bits per heavy atom. The molecule has 1 aromatic heterocycles. The summed E-state index contributed by atoms with van der Waals surface area (Å²) in [5, 5.41) is 0.448. The van der Waals surface area contributed by atoms with Gasteiger partial charge in [-0.15, -0.1) is 0 Å². The average Bonchev–Trinajstić information content (AvgIpc) is 2.88. The minimum Gasteiger partial charge on any atom is -0.484 e. The molecule has 0 N–H and O–H groups in total. The Morgan fingerprint density at radius 3 is 2.44 bits per heavy atom. The summed E-state index contributed by atoms with van der Waals surface area (Å²) >= 11 is 0. The Labute approximate surface area is 195 Å². The second-order valence-corrected chi connectivity index (χ2v) is 8.11. The minimum atomic E-state index is -0.260. The summed E-state index contributed by atoms with van der Waals surface area (Å²) in [6.45, 7) is 1.96. The van der Waals surface area contributed by atoms with Crippen LogP contribution in [0.15, 0.2) is 88.3 Å². The first-order valence-corrected chi connectivity index (χ1v) is 11.1. The molecule has 1 aliphatic rings. The van der Waals surface area contributed by atoms with Crippen molar-refractivity contribution in [3.63, 3.8) is 0 Å². The lowest BCUT2D eigenvalue weighted by atomic mass is 10.1. The molecule has 0 radical (unpaired) electrons. The van der Waals surface area contributed by atoms with Gasteiger partial charge in [-0.05, 0) is 29.8 Å². The number of hydrogen-bond donors (Lipinski definition) is 0. The van der Waals surface area contributed by atoms with E-state index in [2.05, 4.69) is 0 Å². The van der Waals surface area contributed by atoms with Crippen molar-refractivity contribution in [1.82, 2.24) is 4.90 Å². The average molecular weight is 458 g/mol. The molecule has 172 valence electrons. The topological polar surface area (TPSA) is 63.0 Å². The van der Waals surface area contributed by atoms with Crippen LogP contribution in [-0.2, 0) is 4.79 Å². The Balaban J connectivity index is 1.22. The zero-order chi connectivity index (χ0) is 23.5. The molecule has 1 fully saturated rings. The van der Waals surface area contributed by atoms with E-state index >= 15 is 0 Å². The molecule has 0 atom stereocenters. The number of carbonyl (C=O) groups excluding carboxylic acids is 1. The first kappa shape index (κ1) is 21.7. The Kier molecular flexibility index (Phi) is 5.99. The zero-order valence-corrected chi connectivity index (χ0v) is 18.4. The highest BCUT2D eigenvalue weighted by molar-refractivity contribution is 5.83. The minimum absolute atomic E-state index is 0.122. The van der Waals surface area contributed by atoms with Crippen molar-refractivity contribution in [2.75, 3.05) is 37.7 Å². The summed E-state index contributed by atoms with van der Waals surface area (Å²) in [4.78, 5) is 29.2. The second-order valence-electron chi connectivity index (χ2n) is 8.11. The van der Waals surface area contributed by atoms with E-state index in [0.717, 1.165) is 5.56 Å². The Bertz CT molecular complexity index is 1380. The molecule has 1 aliphatic heterocycles. The van der Waals surface area contributed by atoms with E-state index in [1.54, 1.807) is 41.3 Å². The standard InChI is InChI=1S/C27H23FN2O4/c28-23-8-4-5-9-24(23)29-12-14-30(15-13-29)26(31)18-33-20-10-11-21-25(16-20)34-17-22(27(21)32)19-6-2-1-3-7-19/h1-11,16-17H,12-15,18H2. The number of piperazine rings is 1. The number of fused-ring (bicyclic) bond motifs is 1. The molecule has 0 bridgehead atoms. The van der Waals surface area contributed by atoms with Gasteiger partial charge in [0.25, 0.3) is 5.91 Å². The first-order valence-electron chi connectivity index (χ1n) is 11.1. The molecule has 3 aromatic carbocycles. The van der Waals surface area contributed by atoms with Crippen molar-refractivity contribution >= 4 is 22.6 Å². The fourth-order valence-electron chi connectivity index (χ4n) is 4.16. The third kappa shape index (κ3) is 4.37. The van der Waals surface area contributed by atoms with Crippen LogP contribution < -0.4 is 15.1 Å². The van der Waals surface area contributed by atoms with Gasteiger partial charge in [0.05, 0.1) is 16.6 Å². The summed E-state index contributed by atoms with van der Waals surface area (Å²) in [7, 11) is 0. The van der Waals surface area contributed by atoms with E-state index in [9.17, 15) is 14.0 Å². The predicted molar refractivity (Wildman–Crippen MR) is 129 cm³/mol. The molecule has 6 nitrogen and oxygen atoms in total. The molecule has 34 heavy (non-hydrogen) atoms. The monoisotopic (exact) mass is 458 g/mol. The van der Waals surface area contributed by atoms with Gasteiger partial charge in [-0.3, -0.25) is 9.59 Å². The van der Waals surface area contributed by atoms with Gasteiger partial charge in [0.1, 0.15) is 23.4 Å². The maximum atomic E-state index is 14.0. The number of benzene rings is 3. The lowest BCUT2D eigenvalue weighted by molar-refractivity contribution is -0.133. The SMILES string of the molecule is O=C(COc1ccc2c(=O)c(-c3ccccc3)coc2c1)N1CCN(c2ccccc2F)CC1. The highest BCUT2D eigenvalue weighted by Crippen LogP contribution is 2.24. The number of carbonyl (C=O) groups is 1. The van der Waals surface area contributed by atoms with E-state index in [4.69, 9.17) is 9.15 Å². The zero-order valence-electron chi connectivity index (χ0n) is 18.4. The summed E-state index contributed by atoms with van der Waals surface area (Å²) in [5.74, 6) is 0.0417. The Hall–Kier alpha value is -4.13. The van der Waals surface area contributed by atoms with Gasteiger partial charge in [0.15, 0.2) is 12.0 Å². The van der Waals surface area contributed by atoms with Gasteiger partial charge in [0.2, 0.25) is 0 Å². The van der Waals surface area contributed by atoms with Crippen LogP contribution in [0.3, 0.4) is 0 Å². The number of anilines is 1. The van der Waals surface area contributed by atoms with Crippen LogP contribution in [0.4, 0.5) is 10.1 Å². The molecular formula is C27H23FN2O4. The van der Waals surface area contributed by atoms with Crippen molar-refractivity contribution in [2.45, 2.75) is 0 Å². The second kappa shape index (κ2) is 9.39. The van der Waals surface area contributed by atoms with Crippen molar-refractivity contribution in [3.8, 4) is 16.9 Å². The molecule has 1 saturated heterocycles. The third-order valence-corrected chi connectivity index (χ3v) is 6.02. The molecule has 7 heteroatoms. The van der Waals surface area contributed by atoms with Crippen LogP contribution in [0.2, 0.25) is 0 Å². The summed E-state index contributed by atoms with van der Waals surface area (Å²) in [5.41, 5.74) is 2.11. The van der Waals surface area contributed by atoms with E-state index in [1.807, 2.05) is 35.2 Å². The predicted octanol–water partition coefficient (Wildman–Crippen LogP) is 4.33. The summed E-state index contributed by atoms with van der Waals surface area (Å²) in [6.07, 6.45) is 1.45. The number of nitrogens with zero attached hydrogens (tertiary/aromatic N) is 2. The fraction of sp³-hybridized carbons (Fsp3) is 0.185. The lowest BCUT2D eigenvalue weighted by Gasteiger charge is -2.36. The van der Waals surface area contributed by atoms with Crippen LogP contribution >= 0.6 is 0 Å². The van der Waals surface area contributed by atoms with Crippen LogP contribution in [0.1, 0.15) is 0 Å². The summed E-state index contributed by atoms with van der Waals surface area (Å²) < 4.78 is 25.4. The quantitative estimate of drug-likeness (QED) is 0.446. The fourth-order valence-corrected chi connectivity index (χ4v) is 4.16. The third-order valence-electron chi connectivity index (χ3n) is 6.02. The normalized spacial score (nSPS) is 13.8. The van der Waals surface area contributed by atoms with Crippen LogP contribution in [-0.4, -0.2) is 43.6 Å². The van der Waals surface area contributed by atoms with E-state index < -0.39 is 0 Å². The van der Waals surface area contributed by atoms with Crippen LogP contribution in [0.5, 0.6) is 5.75 Å². The number of hydrogen-bond acceptors (Lipinski definition) is 5. The van der Waals surface area contributed by atoms with Gasteiger partial charge >= 0.3 is 0 Å². The maximum absolute atomic E-state index is 14.0. The van der Waals surface area contributed by atoms with Crippen LogP contribution in [0, 0.1) is 5.82 Å². The molecular weight excluding hydrogens is 435 g/mol. The van der Waals surface area contributed by atoms with Gasteiger partial charge in [-0.2, -0.15) is 0 Å². The molecule has 2 heterocycles. The number of para-hydroxylation sites is 1. The van der Waals surface area contributed by atoms with E-state index in [1.165, 1.54) is 12.3 Å². The highest BCUT2D eigenvalue weighted by Gasteiger charge is 2.23. The largest absolute Gasteiger partial charge is 0.484 e. The van der Waals surface area contributed by atoms with Gasteiger partial charge in [-0.25, -0.2) is 4.39 Å². The highest BCUT2D eigenvalue weighted by atomic mass is 19.1. The molecule has 0 unspecified atom stereocenters. The lowest BCUT2D eigenvalue weighted by Crippen LogP contribution is -2.50. The van der Waals surface area contributed by atoms with Crippen molar-refractivity contribution in [2.24, 2.45) is 0 Å². The summed E-state index contributed by atoms with van der Waals surface area (Å²) in [6, 6.07) is 20.9. The van der Waals surface area contributed by atoms with Gasteiger partial charge in [-0.1, -0.05) is 42.5 Å². The maximum Gasteiger partial charge on any atom is 0.260 e. The first-order chi connectivity index (χ1) is 16.6. The number of rotatable bonds is 5. The number of amides is 1. The van der Waals surface area contributed by atoms with Crippen molar-refractivity contribution < 1.29 is 18.3 Å². The van der Waals surface area contributed by atoms with Gasteiger partial charge in [0, 0.05) is 32.2 Å². The molecule has 0 saturated carbocycles. The molecule has 0 aliphatic carbocycles. The van der Waals surface area contributed by atoms with Crippen molar-refractivity contribution in [1.29, 1.82) is 0 Å². The van der Waals surface area contributed by atoms with Gasteiger partial charge < -0.3 is 19.0 Å². The molecule has 0 spiro atoms. The van der Waals surface area contributed by atoms with E-state index in [0.29, 0.717) is 54.1 Å². The van der Waals surface area contributed by atoms with Crippen LogP contribution in [0.25, 0.3) is 22.1 Å².